The molecule has 0 unspecified atom stereocenters. The Bertz CT molecular complexity index is 913. The number of pyridine rings is 1. The van der Waals surface area contributed by atoms with Gasteiger partial charge in [-0.2, -0.15) is 0 Å². The average Bonchev–Trinajstić information content (AvgIpc) is 3.05. The average molecular weight is 389 g/mol. The molecule has 3 rings (SSSR count). The van der Waals surface area contributed by atoms with Gasteiger partial charge in [0, 0.05) is 28.6 Å². The van der Waals surface area contributed by atoms with Gasteiger partial charge in [-0.15, -0.1) is 0 Å². The maximum Gasteiger partial charge on any atom is 0.341 e. The lowest BCUT2D eigenvalue weighted by molar-refractivity contribution is 0.0333. The number of carbonyl (C=O) groups is 1. The molecule has 26 heavy (non-hydrogen) atoms. The molecule has 0 bridgehead atoms. The quantitative estimate of drug-likeness (QED) is 0.425. The second kappa shape index (κ2) is 8.38. The van der Waals surface area contributed by atoms with Crippen molar-refractivity contribution in [2.75, 3.05) is 0 Å². The van der Waals surface area contributed by atoms with E-state index in [4.69, 9.17) is 20.9 Å². The zero-order valence-electron chi connectivity index (χ0n) is 14.3. The molecule has 1 atom stereocenters. The Morgan fingerprint density at radius 1 is 1.31 bits per heavy atom. The Kier molecular flexibility index (Phi) is 5.96. The number of carbonyl (C=O) groups excluding carboxylic acids is 1. The van der Waals surface area contributed by atoms with E-state index in [1.54, 1.807) is 31.3 Å². The van der Waals surface area contributed by atoms with Gasteiger partial charge >= 0.3 is 5.97 Å². The summed E-state index contributed by atoms with van der Waals surface area (Å²) in [6.07, 6.45) is 1.18. The summed E-state index contributed by atoms with van der Waals surface area (Å²) in [6.45, 7) is 3.63. The Morgan fingerprint density at radius 2 is 2.12 bits per heavy atom. The predicted octanol–water partition coefficient (Wildman–Crippen LogP) is 5.24. The van der Waals surface area contributed by atoms with Crippen LogP contribution in [-0.2, 0) is 10.5 Å². The largest absolute Gasteiger partial charge is 0.454 e. The minimum Gasteiger partial charge on any atom is -0.454 e. The fraction of sp³-hybridized carbons (Fsp3) is 0.211. The van der Waals surface area contributed by atoms with Gasteiger partial charge in [0.05, 0.1) is 11.3 Å². The topological polar surface area (TPSA) is 65.2 Å². The van der Waals surface area contributed by atoms with Crippen molar-refractivity contribution in [1.82, 2.24) is 10.1 Å². The summed E-state index contributed by atoms with van der Waals surface area (Å²) >= 11 is 7.58. The first kappa shape index (κ1) is 18.5. The van der Waals surface area contributed by atoms with E-state index < -0.39 is 12.1 Å². The Labute approximate surface area is 160 Å². The highest BCUT2D eigenvalue weighted by molar-refractivity contribution is 7.98. The number of esters is 1. The van der Waals surface area contributed by atoms with Crippen molar-refractivity contribution in [2.45, 2.75) is 30.7 Å². The van der Waals surface area contributed by atoms with Crippen LogP contribution in [0.15, 0.2) is 58.2 Å². The van der Waals surface area contributed by atoms with Gasteiger partial charge in [0.2, 0.25) is 0 Å². The molecule has 0 aliphatic carbocycles. The minimum absolute atomic E-state index is 0.414. The maximum absolute atomic E-state index is 12.6. The summed E-state index contributed by atoms with van der Waals surface area (Å²) < 4.78 is 10.6. The molecule has 3 aromatic rings. The summed E-state index contributed by atoms with van der Waals surface area (Å²) in [7, 11) is 0. The fourth-order valence-electron chi connectivity index (χ4n) is 2.38. The molecular formula is C19H17ClN2O3S. The molecule has 2 aromatic heterocycles. The highest BCUT2D eigenvalue weighted by Crippen LogP contribution is 2.28. The van der Waals surface area contributed by atoms with Crippen LogP contribution in [0.3, 0.4) is 0 Å². The number of hydrogen-bond donors (Lipinski definition) is 0. The zero-order chi connectivity index (χ0) is 18.5. The van der Waals surface area contributed by atoms with E-state index in [1.165, 1.54) is 11.8 Å². The van der Waals surface area contributed by atoms with Gasteiger partial charge in [-0.25, -0.2) is 9.78 Å². The normalized spacial score (nSPS) is 12.0. The minimum atomic E-state index is -0.465. The van der Waals surface area contributed by atoms with Crippen molar-refractivity contribution in [3.05, 3.63) is 76.3 Å². The Morgan fingerprint density at radius 3 is 2.85 bits per heavy atom. The summed E-state index contributed by atoms with van der Waals surface area (Å²) in [5.74, 6) is 0.855. The monoisotopic (exact) mass is 388 g/mol. The van der Waals surface area contributed by atoms with Crippen molar-refractivity contribution in [2.24, 2.45) is 0 Å². The molecule has 134 valence electrons. The van der Waals surface area contributed by atoms with Gasteiger partial charge < -0.3 is 9.26 Å². The Balaban J connectivity index is 1.72. The highest BCUT2D eigenvalue weighted by Gasteiger charge is 2.19. The number of ether oxygens (including phenoxy) is 1. The highest BCUT2D eigenvalue weighted by atomic mass is 35.5. The standard InChI is InChI=1S/C19H17ClN2O3S/c1-12-10-14(22-25-12)11-26-18-16(7-5-9-21-18)19(23)24-13(2)15-6-3-4-8-17(15)20/h3-10,13H,11H2,1-2H3/t13-/m0/s1. The molecule has 0 saturated heterocycles. The molecule has 7 heteroatoms. The Hall–Kier alpha value is -2.31. The zero-order valence-corrected chi connectivity index (χ0v) is 15.9. The van der Waals surface area contributed by atoms with Crippen molar-refractivity contribution in [1.29, 1.82) is 0 Å². The van der Waals surface area contributed by atoms with Gasteiger partial charge in [0.15, 0.2) is 0 Å². The third kappa shape index (κ3) is 4.45. The lowest BCUT2D eigenvalue weighted by atomic mass is 10.1. The molecule has 0 saturated carbocycles. The van der Waals surface area contributed by atoms with Gasteiger partial charge in [-0.1, -0.05) is 46.7 Å². The van der Waals surface area contributed by atoms with Crippen LogP contribution in [0.5, 0.6) is 0 Å². The fourth-order valence-corrected chi connectivity index (χ4v) is 3.53. The van der Waals surface area contributed by atoms with Gasteiger partial charge in [-0.3, -0.25) is 0 Å². The van der Waals surface area contributed by atoms with Crippen LogP contribution in [0.1, 0.15) is 40.4 Å². The van der Waals surface area contributed by atoms with Crippen molar-refractivity contribution >= 4 is 29.3 Å². The van der Waals surface area contributed by atoms with Crippen molar-refractivity contribution < 1.29 is 14.1 Å². The number of nitrogens with zero attached hydrogens (tertiary/aromatic N) is 2. The van der Waals surface area contributed by atoms with E-state index in [0.717, 1.165) is 17.0 Å². The SMILES string of the molecule is Cc1cc(CSc2ncccc2C(=O)O[C@@H](C)c2ccccc2Cl)no1. The molecule has 2 heterocycles. The van der Waals surface area contributed by atoms with Crippen LogP contribution in [0, 0.1) is 6.92 Å². The van der Waals surface area contributed by atoms with Crippen LogP contribution >= 0.6 is 23.4 Å². The van der Waals surface area contributed by atoms with Crippen molar-refractivity contribution in [3.8, 4) is 0 Å². The molecule has 1 aromatic carbocycles. The van der Waals surface area contributed by atoms with E-state index in [0.29, 0.717) is 21.4 Å². The summed E-state index contributed by atoms with van der Waals surface area (Å²) in [4.78, 5) is 16.9. The van der Waals surface area contributed by atoms with Crippen LogP contribution in [0.25, 0.3) is 0 Å². The number of halogens is 1. The molecule has 0 amide bonds. The van der Waals surface area contributed by atoms with Gasteiger partial charge in [0.25, 0.3) is 0 Å². The molecule has 0 aliphatic heterocycles. The third-order valence-electron chi connectivity index (χ3n) is 3.65. The van der Waals surface area contributed by atoms with Gasteiger partial charge in [0.1, 0.15) is 16.9 Å². The van der Waals surface area contributed by atoms with Crippen LogP contribution in [0.4, 0.5) is 0 Å². The first-order valence-corrected chi connectivity index (χ1v) is 9.36. The number of rotatable bonds is 6. The van der Waals surface area contributed by atoms with E-state index in [2.05, 4.69) is 10.1 Å². The number of benzene rings is 1. The maximum atomic E-state index is 12.6. The van der Waals surface area contributed by atoms with Gasteiger partial charge in [-0.05, 0) is 32.0 Å². The van der Waals surface area contributed by atoms with Crippen molar-refractivity contribution in [3.63, 3.8) is 0 Å². The molecule has 0 aliphatic rings. The summed E-state index contributed by atoms with van der Waals surface area (Å²) in [5.41, 5.74) is 1.97. The lowest BCUT2D eigenvalue weighted by Crippen LogP contribution is -2.11. The van der Waals surface area contributed by atoms with Crippen LogP contribution in [0.2, 0.25) is 5.02 Å². The molecule has 0 N–H and O–H groups in total. The molecule has 5 nitrogen and oxygen atoms in total. The second-order valence-corrected chi connectivity index (χ2v) is 7.01. The van der Waals surface area contributed by atoms with E-state index >= 15 is 0 Å². The number of aromatic nitrogens is 2. The summed E-state index contributed by atoms with van der Waals surface area (Å²) in [5, 5.41) is 5.10. The van der Waals surface area contributed by atoms with Crippen LogP contribution < -0.4 is 0 Å². The third-order valence-corrected chi connectivity index (χ3v) is 5.03. The number of thioether (sulfide) groups is 1. The predicted molar refractivity (Wildman–Crippen MR) is 100 cm³/mol. The van der Waals surface area contributed by atoms with Crippen LogP contribution in [-0.4, -0.2) is 16.1 Å². The molecule has 0 radical (unpaired) electrons. The molecule has 0 fully saturated rings. The second-order valence-electron chi connectivity index (χ2n) is 5.64. The van der Waals surface area contributed by atoms with E-state index in [9.17, 15) is 4.79 Å². The molecular weight excluding hydrogens is 372 g/mol. The number of aryl methyl sites for hydroxylation is 1. The first-order chi connectivity index (χ1) is 12.5. The van der Waals surface area contributed by atoms with E-state index in [1.807, 2.05) is 31.2 Å². The van der Waals surface area contributed by atoms with E-state index in [-0.39, 0.29) is 0 Å². The first-order valence-electron chi connectivity index (χ1n) is 8.00. The smallest absolute Gasteiger partial charge is 0.341 e. The summed E-state index contributed by atoms with van der Waals surface area (Å²) in [6, 6.07) is 12.6. The lowest BCUT2D eigenvalue weighted by Gasteiger charge is -2.15. The number of hydrogen-bond acceptors (Lipinski definition) is 6. The molecule has 0 spiro atoms.